The molecular weight excluding hydrogens is 440 g/mol. The summed E-state index contributed by atoms with van der Waals surface area (Å²) in [6.45, 7) is 4.23. The Balaban J connectivity index is 1.69. The van der Waals surface area contributed by atoms with Crippen molar-refractivity contribution in [2.24, 2.45) is 0 Å². The first-order chi connectivity index (χ1) is 16.9. The molecule has 0 aliphatic heterocycles. The lowest BCUT2D eigenvalue weighted by molar-refractivity contribution is -0.117. The normalized spacial score (nSPS) is 11.2. The van der Waals surface area contributed by atoms with E-state index in [-0.39, 0.29) is 17.0 Å². The molecule has 35 heavy (non-hydrogen) atoms. The lowest BCUT2D eigenvalue weighted by Gasteiger charge is -2.11. The summed E-state index contributed by atoms with van der Waals surface area (Å²) in [5.41, 5.74) is 2.80. The molecule has 7 heteroatoms. The first-order valence-corrected chi connectivity index (χ1v) is 11.2. The predicted octanol–water partition coefficient (Wildman–Crippen LogP) is 4.37. The third-order valence-corrected chi connectivity index (χ3v) is 5.34. The van der Waals surface area contributed by atoms with Crippen LogP contribution in [0.3, 0.4) is 0 Å². The monoisotopic (exact) mass is 464 g/mol. The number of nitriles is 1. The first-order valence-electron chi connectivity index (χ1n) is 11.2. The molecule has 4 rings (SSSR count). The van der Waals surface area contributed by atoms with Crippen LogP contribution in [0.15, 0.2) is 83.3 Å². The molecule has 2 heterocycles. The second kappa shape index (κ2) is 10.5. The van der Waals surface area contributed by atoms with E-state index in [1.807, 2.05) is 68.4 Å². The molecule has 0 bridgehead atoms. The number of carbonyl (C=O) groups excluding carboxylic acids is 1. The quantitative estimate of drug-likeness (QED) is 0.324. The van der Waals surface area contributed by atoms with Crippen LogP contribution >= 0.6 is 0 Å². The van der Waals surface area contributed by atoms with Crippen LogP contribution in [0.1, 0.15) is 22.3 Å². The van der Waals surface area contributed by atoms with E-state index < -0.39 is 11.5 Å². The fraction of sp³-hybridized carbons (Fsp3) is 0.143. The van der Waals surface area contributed by atoms with Crippen LogP contribution in [0.2, 0.25) is 0 Å². The number of nitrogens with one attached hydrogen (secondary N) is 1. The maximum absolute atomic E-state index is 13.3. The van der Waals surface area contributed by atoms with E-state index in [0.717, 1.165) is 16.7 Å². The average Bonchev–Trinajstić information content (AvgIpc) is 2.84. The molecule has 0 aliphatic carbocycles. The lowest BCUT2D eigenvalue weighted by atomic mass is 10.1. The van der Waals surface area contributed by atoms with Crippen molar-refractivity contribution in [2.75, 3.05) is 6.54 Å². The standard InChI is InChI=1S/C28H24N4O3/c1-19-14-20(2)16-23(15-19)35-27-24(28(34)32-13-7-6-10-25(32)31-27)17-22(18-29)26(33)30-12-11-21-8-4-3-5-9-21/h3-10,13-17H,11-12H2,1-2H3,(H,30,33). The molecule has 1 amide bonds. The largest absolute Gasteiger partial charge is 0.438 e. The highest BCUT2D eigenvalue weighted by Crippen LogP contribution is 2.26. The second-order valence-corrected chi connectivity index (χ2v) is 8.15. The van der Waals surface area contributed by atoms with Gasteiger partial charge in [-0.15, -0.1) is 0 Å². The Kier molecular flexibility index (Phi) is 7.03. The van der Waals surface area contributed by atoms with Crippen molar-refractivity contribution in [1.29, 1.82) is 5.26 Å². The zero-order valence-electron chi connectivity index (χ0n) is 19.5. The molecule has 4 aromatic rings. The number of benzene rings is 2. The summed E-state index contributed by atoms with van der Waals surface area (Å²) in [6.07, 6.45) is 3.44. The zero-order chi connectivity index (χ0) is 24.8. The Morgan fingerprint density at radius 3 is 2.51 bits per heavy atom. The Labute approximate surface area is 203 Å². The van der Waals surface area contributed by atoms with E-state index in [0.29, 0.717) is 24.4 Å². The van der Waals surface area contributed by atoms with Gasteiger partial charge < -0.3 is 10.1 Å². The van der Waals surface area contributed by atoms with Gasteiger partial charge in [-0.05, 0) is 67.3 Å². The van der Waals surface area contributed by atoms with Gasteiger partial charge in [-0.2, -0.15) is 10.2 Å². The van der Waals surface area contributed by atoms with Crippen LogP contribution in [0, 0.1) is 25.2 Å². The van der Waals surface area contributed by atoms with Crippen molar-refractivity contribution < 1.29 is 9.53 Å². The van der Waals surface area contributed by atoms with Crippen LogP contribution in [-0.4, -0.2) is 21.8 Å². The number of ether oxygens (including phenoxy) is 1. The van der Waals surface area contributed by atoms with Gasteiger partial charge >= 0.3 is 0 Å². The van der Waals surface area contributed by atoms with Crippen LogP contribution in [-0.2, 0) is 11.2 Å². The van der Waals surface area contributed by atoms with Crippen LogP contribution in [0.4, 0.5) is 0 Å². The van der Waals surface area contributed by atoms with Crippen molar-refractivity contribution in [1.82, 2.24) is 14.7 Å². The topological polar surface area (TPSA) is 96.5 Å². The fourth-order valence-corrected chi connectivity index (χ4v) is 3.74. The molecule has 0 saturated carbocycles. The number of hydrogen-bond acceptors (Lipinski definition) is 5. The number of carbonyl (C=O) groups is 1. The summed E-state index contributed by atoms with van der Waals surface area (Å²) in [6, 6.07) is 22.4. The summed E-state index contributed by atoms with van der Waals surface area (Å²) >= 11 is 0. The van der Waals surface area contributed by atoms with Gasteiger partial charge in [0.25, 0.3) is 11.5 Å². The number of pyridine rings is 1. The summed E-state index contributed by atoms with van der Waals surface area (Å²) in [5, 5.41) is 12.4. The first kappa shape index (κ1) is 23.5. The van der Waals surface area contributed by atoms with E-state index >= 15 is 0 Å². The van der Waals surface area contributed by atoms with Gasteiger partial charge in [-0.1, -0.05) is 42.5 Å². The molecule has 1 N–H and O–H groups in total. The molecule has 0 radical (unpaired) electrons. The summed E-state index contributed by atoms with van der Waals surface area (Å²) in [5.74, 6) is -0.0375. The number of fused-ring (bicyclic) bond motifs is 1. The highest BCUT2D eigenvalue weighted by Gasteiger charge is 2.17. The number of rotatable bonds is 7. The molecular formula is C28H24N4O3. The zero-order valence-corrected chi connectivity index (χ0v) is 19.5. The molecule has 0 saturated heterocycles. The Bertz CT molecular complexity index is 1500. The number of hydrogen-bond donors (Lipinski definition) is 1. The molecule has 174 valence electrons. The van der Waals surface area contributed by atoms with Crippen molar-refractivity contribution in [3.63, 3.8) is 0 Å². The second-order valence-electron chi connectivity index (χ2n) is 8.15. The molecule has 0 atom stereocenters. The number of nitrogens with zero attached hydrogens (tertiary/aromatic N) is 3. The highest BCUT2D eigenvalue weighted by atomic mass is 16.5. The smallest absolute Gasteiger partial charge is 0.269 e. The van der Waals surface area contributed by atoms with E-state index in [9.17, 15) is 14.9 Å². The SMILES string of the molecule is Cc1cc(C)cc(Oc2nc3ccccn3c(=O)c2C=C(C#N)C(=O)NCCc2ccccc2)c1. The molecule has 0 fully saturated rings. The summed E-state index contributed by atoms with van der Waals surface area (Å²) in [4.78, 5) is 30.5. The third-order valence-electron chi connectivity index (χ3n) is 5.34. The molecule has 0 aliphatic rings. The maximum atomic E-state index is 13.3. The highest BCUT2D eigenvalue weighted by molar-refractivity contribution is 6.01. The lowest BCUT2D eigenvalue weighted by Crippen LogP contribution is -2.27. The van der Waals surface area contributed by atoms with Gasteiger partial charge in [0.15, 0.2) is 0 Å². The third kappa shape index (κ3) is 5.63. The van der Waals surface area contributed by atoms with Crippen molar-refractivity contribution in [3.05, 3.63) is 111 Å². The van der Waals surface area contributed by atoms with E-state index in [1.165, 1.54) is 10.5 Å². The van der Waals surface area contributed by atoms with E-state index in [1.54, 1.807) is 24.4 Å². The Morgan fingerprint density at radius 1 is 1.09 bits per heavy atom. The van der Waals surface area contributed by atoms with Crippen LogP contribution in [0.25, 0.3) is 11.7 Å². The molecule has 2 aromatic heterocycles. The molecule has 0 unspecified atom stereocenters. The fourth-order valence-electron chi connectivity index (χ4n) is 3.74. The minimum absolute atomic E-state index is 0.0163. The van der Waals surface area contributed by atoms with Crippen LogP contribution in [0.5, 0.6) is 11.6 Å². The van der Waals surface area contributed by atoms with E-state index in [4.69, 9.17) is 4.74 Å². The maximum Gasteiger partial charge on any atom is 0.269 e. The summed E-state index contributed by atoms with van der Waals surface area (Å²) < 4.78 is 7.36. The minimum atomic E-state index is -0.571. The molecule has 2 aromatic carbocycles. The van der Waals surface area contributed by atoms with Crippen LogP contribution < -0.4 is 15.6 Å². The summed E-state index contributed by atoms with van der Waals surface area (Å²) in [7, 11) is 0. The molecule has 7 nitrogen and oxygen atoms in total. The van der Waals surface area contributed by atoms with Gasteiger partial charge in [0.2, 0.25) is 5.88 Å². The number of aromatic nitrogens is 2. The van der Waals surface area contributed by atoms with Gasteiger partial charge in [-0.3, -0.25) is 14.0 Å². The van der Waals surface area contributed by atoms with Gasteiger partial charge in [-0.25, -0.2) is 0 Å². The van der Waals surface area contributed by atoms with Crippen molar-refractivity contribution >= 4 is 17.6 Å². The van der Waals surface area contributed by atoms with Gasteiger partial charge in [0.05, 0.1) is 0 Å². The van der Waals surface area contributed by atoms with Gasteiger partial charge in [0, 0.05) is 12.7 Å². The minimum Gasteiger partial charge on any atom is -0.438 e. The number of aryl methyl sites for hydroxylation is 2. The van der Waals surface area contributed by atoms with Crippen molar-refractivity contribution in [3.8, 4) is 17.7 Å². The number of amides is 1. The van der Waals surface area contributed by atoms with Gasteiger partial charge in [0.1, 0.15) is 28.6 Å². The Hall–Kier alpha value is -4.70. The van der Waals surface area contributed by atoms with Crippen molar-refractivity contribution in [2.45, 2.75) is 20.3 Å². The Morgan fingerprint density at radius 2 is 1.80 bits per heavy atom. The predicted molar refractivity (Wildman–Crippen MR) is 134 cm³/mol. The van der Waals surface area contributed by atoms with E-state index in [2.05, 4.69) is 10.3 Å². The molecule has 0 spiro atoms. The average molecular weight is 465 g/mol.